The smallest absolute Gasteiger partial charge is 0.175 e. The number of benzene rings is 1. The van der Waals surface area contributed by atoms with Gasteiger partial charge in [0, 0.05) is 12.3 Å². The van der Waals surface area contributed by atoms with Crippen molar-refractivity contribution in [3.05, 3.63) is 42.0 Å². The highest BCUT2D eigenvalue weighted by Gasteiger charge is 2.09. The minimum atomic E-state index is -3.13. The standard InChI is InChI=1S/C12H17NO2S/c1-9(2)8-12(13)10-4-6-11(7-5-10)16(3,14)15/h4-7,12H,1,8,13H2,2-3H3. The Morgan fingerprint density at radius 3 is 2.25 bits per heavy atom. The van der Waals surface area contributed by atoms with E-state index in [1.54, 1.807) is 24.3 Å². The van der Waals surface area contributed by atoms with Gasteiger partial charge >= 0.3 is 0 Å². The zero-order valence-electron chi connectivity index (χ0n) is 9.60. The van der Waals surface area contributed by atoms with E-state index in [-0.39, 0.29) is 6.04 Å². The maximum Gasteiger partial charge on any atom is 0.175 e. The van der Waals surface area contributed by atoms with Gasteiger partial charge in [0.2, 0.25) is 0 Å². The van der Waals surface area contributed by atoms with Crippen LogP contribution in [0.4, 0.5) is 0 Å². The van der Waals surface area contributed by atoms with Gasteiger partial charge in [0.25, 0.3) is 0 Å². The monoisotopic (exact) mass is 239 g/mol. The maximum atomic E-state index is 11.2. The van der Waals surface area contributed by atoms with E-state index in [1.165, 1.54) is 6.26 Å². The van der Waals surface area contributed by atoms with Crippen LogP contribution in [-0.2, 0) is 9.84 Å². The summed E-state index contributed by atoms with van der Waals surface area (Å²) in [6, 6.07) is 6.56. The van der Waals surface area contributed by atoms with Crippen LogP contribution in [0.2, 0.25) is 0 Å². The third-order valence-electron chi connectivity index (χ3n) is 2.30. The molecule has 1 unspecified atom stereocenters. The van der Waals surface area contributed by atoms with Gasteiger partial charge in [0.1, 0.15) is 0 Å². The first kappa shape index (κ1) is 12.9. The molecule has 1 aromatic carbocycles. The van der Waals surface area contributed by atoms with E-state index in [9.17, 15) is 8.42 Å². The lowest BCUT2D eigenvalue weighted by Gasteiger charge is -2.12. The van der Waals surface area contributed by atoms with Crippen molar-refractivity contribution in [2.45, 2.75) is 24.3 Å². The highest BCUT2D eigenvalue weighted by Crippen LogP contribution is 2.19. The fraction of sp³-hybridized carbons (Fsp3) is 0.333. The zero-order valence-corrected chi connectivity index (χ0v) is 10.4. The van der Waals surface area contributed by atoms with Crippen LogP contribution in [0.1, 0.15) is 24.9 Å². The average molecular weight is 239 g/mol. The van der Waals surface area contributed by atoms with Crippen molar-refractivity contribution in [3.8, 4) is 0 Å². The molecule has 88 valence electrons. The van der Waals surface area contributed by atoms with E-state index in [4.69, 9.17) is 5.73 Å². The molecule has 0 heterocycles. The van der Waals surface area contributed by atoms with Crippen molar-refractivity contribution >= 4 is 9.84 Å². The molecular formula is C12H17NO2S. The van der Waals surface area contributed by atoms with Crippen LogP contribution in [0.3, 0.4) is 0 Å². The predicted octanol–water partition coefficient (Wildman–Crippen LogP) is 2.06. The summed E-state index contributed by atoms with van der Waals surface area (Å²) in [4.78, 5) is 0.318. The number of hydrogen-bond acceptors (Lipinski definition) is 3. The number of sulfone groups is 1. The predicted molar refractivity (Wildman–Crippen MR) is 65.9 cm³/mol. The summed E-state index contributed by atoms with van der Waals surface area (Å²) in [5.74, 6) is 0. The first-order valence-electron chi connectivity index (χ1n) is 5.00. The summed E-state index contributed by atoms with van der Waals surface area (Å²) in [6.07, 6.45) is 1.90. The van der Waals surface area contributed by atoms with E-state index in [0.29, 0.717) is 11.3 Å². The summed E-state index contributed by atoms with van der Waals surface area (Å²) in [6.45, 7) is 5.72. The van der Waals surface area contributed by atoms with E-state index >= 15 is 0 Å². The minimum Gasteiger partial charge on any atom is -0.324 e. The van der Waals surface area contributed by atoms with Crippen LogP contribution in [0.25, 0.3) is 0 Å². The average Bonchev–Trinajstić information content (AvgIpc) is 2.15. The number of hydrogen-bond donors (Lipinski definition) is 1. The minimum absolute atomic E-state index is 0.119. The van der Waals surface area contributed by atoms with Crippen LogP contribution < -0.4 is 5.73 Å². The Morgan fingerprint density at radius 2 is 1.88 bits per heavy atom. The van der Waals surface area contributed by atoms with Crippen molar-refractivity contribution in [1.82, 2.24) is 0 Å². The van der Waals surface area contributed by atoms with Gasteiger partial charge in [0.15, 0.2) is 9.84 Å². The molecule has 1 atom stereocenters. The zero-order chi connectivity index (χ0) is 12.3. The number of nitrogens with two attached hydrogens (primary N) is 1. The van der Waals surface area contributed by atoms with Gasteiger partial charge in [-0.05, 0) is 31.0 Å². The molecule has 3 nitrogen and oxygen atoms in total. The molecule has 0 aromatic heterocycles. The third-order valence-corrected chi connectivity index (χ3v) is 3.43. The van der Waals surface area contributed by atoms with Gasteiger partial charge in [-0.1, -0.05) is 17.7 Å². The van der Waals surface area contributed by atoms with Gasteiger partial charge in [-0.15, -0.1) is 6.58 Å². The summed E-state index contributed by atoms with van der Waals surface area (Å²) >= 11 is 0. The lowest BCUT2D eigenvalue weighted by Crippen LogP contribution is -2.10. The molecule has 0 saturated heterocycles. The number of rotatable bonds is 4. The Bertz CT molecular complexity index is 474. The van der Waals surface area contributed by atoms with Crippen LogP contribution >= 0.6 is 0 Å². The Balaban J connectivity index is 2.91. The Morgan fingerprint density at radius 1 is 1.38 bits per heavy atom. The molecule has 0 amide bonds. The molecule has 0 bridgehead atoms. The maximum absolute atomic E-state index is 11.2. The second-order valence-corrected chi connectivity index (χ2v) is 6.12. The summed E-state index contributed by atoms with van der Waals surface area (Å²) < 4.78 is 22.5. The van der Waals surface area contributed by atoms with Crippen molar-refractivity contribution in [2.75, 3.05) is 6.26 Å². The van der Waals surface area contributed by atoms with Gasteiger partial charge < -0.3 is 5.73 Å². The lowest BCUT2D eigenvalue weighted by atomic mass is 10.0. The van der Waals surface area contributed by atoms with Gasteiger partial charge in [-0.25, -0.2) is 8.42 Å². The lowest BCUT2D eigenvalue weighted by molar-refractivity contribution is 0.601. The van der Waals surface area contributed by atoms with Gasteiger partial charge in [-0.2, -0.15) is 0 Å². The van der Waals surface area contributed by atoms with E-state index in [1.807, 2.05) is 6.92 Å². The summed E-state index contributed by atoms with van der Waals surface area (Å²) in [5.41, 5.74) is 7.88. The molecule has 0 spiro atoms. The van der Waals surface area contributed by atoms with Crippen LogP contribution in [-0.4, -0.2) is 14.7 Å². The van der Waals surface area contributed by atoms with E-state index < -0.39 is 9.84 Å². The largest absolute Gasteiger partial charge is 0.324 e. The molecule has 0 fully saturated rings. The second-order valence-electron chi connectivity index (χ2n) is 4.11. The van der Waals surface area contributed by atoms with Crippen LogP contribution in [0.5, 0.6) is 0 Å². The van der Waals surface area contributed by atoms with Crippen molar-refractivity contribution in [2.24, 2.45) is 5.73 Å². The molecule has 0 aliphatic heterocycles. The molecule has 1 aromatic rings. The molecule has 0 radical (unpaired) electrons. The van der Waals surface area contributed by atoms with E-state index in [0.717, 1.165) is 11.1 Å². The molecule has 1 rings (SSSR count). The normalized spacial score (nSPS) is 13.4. The molecule has 4 heteroatoms. The molecule has 2 N–H and O–H groups in total. The molecule has 0 aliphatic rings. The summed E-state index contributed by atoms with van der Waals surface area (Å²) in [7, 11) is -3.13. The summed E-state index contributed by atoms with van der Waals surface area (Å²) in [5, 5.41) is 0. The van der Waals surface area contributed by atoms with Crippen LogP contribution in [0.15, 0.2) is 41.3 Å². The highest BCUT2D eigenvalue weighted by atomic mass is 32.2. The molecule has 0 aliphatic carbocycles. The molecule has 0 saturated carbocycles. The topological polar surface area (TPSA) is 60.2 Å². The van der Waals surface area contributed by atoms with Gasteiger partial charge in [-0.3, -0.25) is 0 Å². The molecule has 16 heavy (non-hydrogen) atoms. The molecular weight excluding hydrogens is 222 g/mol. The fourth-order valence-corrected chi connectivity index (χ4v) is 2.09. The Kier molecular flexibility index (Phi) is 3.88. The SMILES string of the molecule is C=C(C)CC(N)c1ccc(S(C)(=O)=O)cc1. The van der Waals surface area contributed by atoms with Gasteiger partial charge in [0.05, 0.1) is 4.90 Å². The van der Waals surface area contributed by atoms with Crippen LogP contribution in [0, 0.1) is 0 Å². The third kappa shape index (κ3) is 3.47. The fourth-order valence-electron chi connectivity index (χ4n) is 1.46. The quantitative estimate of drug-likeness (QED) is 0.818. The van der Waals surface area contributed by atoms with Crippen molar-refractivity contribution < 1.29 is 8.42 Å². The van der Waals surface area contributed by atoms with Crippen molar-refractivity contribution in [1.29, 1.82) is 0 Å². The first-order chi connectivity index (χ1) is 7.30. The Labute approximate surface area is 96.9 Å². The first-order valence-corrected chi connectivity index (χ1v) is 6.90. The van der Waals surface area contributed by atoms with Crippen molar-refractivity contribution in [3.63, 3.8) is 0 Å². The van der Waals surface area contributed by atoms with E-state index in [2.05, 4.69) is 6.58 Å². The Hall–Kier alpha value is -1.13. The highest BCUT2D eigenvalue weighted by molar-refractivity contribution is 7.90. The second kappa shape index (κ2) is 4.80.